The Kier molecular flexibility index (Phi) is 5.86. The molecule has 25 heavy (non-hydrogen) atoms. The molecule has 2 rings (SSSR count). The number of anilines is 1. The fraction of sp³-hybridized carbons (Fsp3) is 0.286. The Labute approximate surface area is 149 Å². The van der Waals surface area contributed by atoms with Gasteiger partial charge in [0.15, 0.2) is 5.78 Å². The lowest BCUT2D eigenvalue weighted by atomic mass is 9.94. The minimum atomic E-state index is 0.0884. The molecule has 0 aliphatic rings. The third-order valence-corrected chi connectivity index (χ3v) is 4.34. The monoisotopic (exact) mass is 335 g/mol. The highest BCUT2D eigenvalue weighted by molar-refractivity contribution is 5.98. The molecular formula is C21H25N3O. The van der Waals surface area contributed by atoms with Gasteiger partial charge in [0.05, 0.1) is 5.52 Å². The number of rotatable bonds is 5. The van der Waals surface area contributed by atoms with E-state index in [1.165, 1.54) is 0 Å². The first-order chi connectivity index (χ1) is 11.9. The Morgan fingerprint density at radius 3 is 2.48 bits per heavy atom. The minimum absolute atomic E-state index is 0.0884. The van der Waals surface area contributed by atoms with E-state index in [0.29, 0.717) is 5.82 Å². The van der Waals surface area contributed by atoms with E-state index in [-0.39, 0.29) is 5.78 Å². The number of hydrogen-bond donors (Lipinski definition) is 1. The van der Waals surface area contributed by atoms with Crippen LogP contribution in [-0.2, 0) is 4.79 Å². The van der Waals surface area contributed by atoms with E-state index in [1.807, 2.05) is 45.2 Å². The Balaban J connectivity index is 2.50. The van der Waals surface area contributed by atoms with Crippen molar-refractivity contribution < 1.29 is 4.79 Å². The number of pyridine rings is 2. The summed E-state index contributed by atoms with van der Waals surface area (Å²) in [6, 6.07) is 3.81. The summed E-state index contributed by atoms with van der Waals surface area (Å²) < 4.78 is 0. The maximum absolute atomic E-state index is 12.0. The summed E-state index contributed by atoms with van der Waals surface area (Å²) in [6.07, 6.45) is 8.43. The number of Topliss-reactive ketones (excluding diaryl/α,β-unsaturated/α-hetero) is 1. The number of carbonyl (C=O) groups is 1. The van der Waals surface area contributed by atoms with Gasteiger partial charge in [0, 0.05) is 35.0 Å². The molecule has 0 aromatic carbocycles. The van der Waals surface area contributed by atoms with Crippen LogP contribution in [-0.4, -0.2) is 15.8 Å². The fourth-order valence-electron chi connectivity index (χ4n) is 2.82. The van der Waals surface area contributed by atoms with Crippen molar-refractivity contribution in [2.75, 3.05) is 5.73 Å². The molecule has 2 aromatic rings. The third-order valence-electron chi connectivity index (χ3n) is 4.34. The lowest BCUT2D eigenvalue weighted by molar-refractivity contribution is -0.113. The molecule has 2 aromatic heterocycles. The van der Waals surface area contributed by atoms with Gasteiger partial charge in [-0.3, -0.25) is 9.78 Å². The summed E-state index contributed by atoms with van der Waals surface area (Å²) in [5.41, 5.74) is 11.5. The van der Waals surface area contributed by atoms with Crippen LogP contribution in [0.2, 0.25) is 0 Å². The first-order valence-corrected chi connectivity index (χ1v) is 8.44. The summed E-state index contributed by atoms with van der Waals surface area (Å²) in [6.45, 7) is 9.68. The van der Waals surface area contributed by atoms with Crippen LogP contribution in [0.25, 0.3) is 16.5 Å². The first-order valence-electron chi connectivity index (χ1n) is 8.44. The maximum atomic E-state index is 12.0. The number of aromatic nitrogens is 2. The number of nitrogens with two attached hydrogens (primary N) is 1. The first kappa shape index (κ1) is 18.6. The van der Waals surface area contributed by atoms with Crippen LogP contribution in [0.1, 0.15) is 46.6 Å². The molecule has 4 heteroatoms. The molecule has 0 saturated carbocycles. The number of allylic oxidation sites excluding steroid dienone is 6. The molecule has 130 valence electrons. The molecule has 2 N–H and O–H groups in total. The zero-order chi connectivity index (χ0) is 18.6. The van der Waals surface area contributed by atoms with Crippen LogP contribution in [0, 0.1) is 0 Å². The number of fused-ring (bicyclic) bond motifs is 1. The van der Waals surface area contributed by atoms with E-state index in [1.54, 1.807) is 19.2 Å². The molecule has 0 aliphatic carbocycles. The topological polar surface area (TPSA) is 68.9 Å². The minimum Gasteiger partial charge on any atom is -0.384 e. The van der Waals surface area contributed by atoms with Crippen molar-refractivity contribution in [1.82, 2.24) is 9.97 Å². The number of ketones is 1. The fourth-order valence-corrected chi connectivity index (χ4v) is 2.82. The van der Waals surface area contributed by atoms with E-state index in [2.05, 4.69) is 16.9 Å². The van der Waals surface area contributed by atoms with Crippen molar-refractivity contribution in [1.29, 1.82) is 0 Å². The van der Waals surface area contributed by atoms with Crippen molar-refractivity contribution in [3.63, 3.8) is 0 Å². The molecule has 0 bridgehead atoms. The second-order valence-corrected chi connectivity index (χ2v) is 6.16. The van der Waals surface area contributed by atoms with Crippen molar-refractivity contribution in [3.05, 3.63) is 59.0 Å². The van der Waals surface area contributed by atoms with Gasteiger partial charge >= 0.3 is 0 Å². The summed E-state index contributed by atoms with van der Waals surface area (Å²) in [5.74, 6) is 0.548. The van der Waals surface area contributed by atoms with Gasteiger partial charge in [-0.2, -0.15) is 0 Å². The molecule has 0 fully saturated rings. The van der Waals surface area contributed by atoms with E-state index in [0.717, 1.165) is 45.2 Å². The molecule has 0 spiro atoms. The zero-order valence-electron chi connectivity index (χ0n) is 15.6. The predicted octanol–water partition coefficient (Wildman–Crippen LogP) is 4.88. The molecule has 0 unspecified atom stereocenters. The lowest BCUT2D eigenvalue weighted by Gasteiger charge is -2.11. The highest BCUT2D eigenvalue weighted by Gasteiger charge is 2.10. The van der Waals surface area contributed by atoms with Crippen LogP contribution >= 0.6 is 0 Å². The van der Waals surface area contributed by atoms with Crippen molar-refractivity contribution in [2.24, 2.45) is 0 Å². The Hall–Kier alpha value is -2.75. The van der Waals surface area contributed by atoms with Crippen LogP contribution in [0.3, 0.4) is 0 Å². The predicted molar refractivity (Wildman–Crippen MR) is 105 cm³/mol. The standard InChI is InChI=1S/C21H25N3O/c1-6-13(3)19(15(5)25)8-14(4)18(7-2)16-9-17-12-24-21(22)10-20(17)23-11-16/h7-12H,6H2,1-5H3,(H2,22,24)/b14-8-,18-7+,19-13-. The average Bonchev–Trinajstić information content (AvgIpc) is 2.59. The molecule has 0 saturated heterocycles. The second-order valence-electron chi connectivity index (χ2n) is 6.16. The highest BCUT2D eigenvalue weighted by Crippen LogP contribution is 2.27. The van der Waals surface area contributed by atoms with Gasteiger partial charge < -0.3 is 5.73 Å². The third kappa shape index (κ3) is 4.21. The van der Waals surface area contributed by atoms with Crippen molar-refractivity contribution >= 4 is 28.1 Å². The highest BCUT2D eigenvalue weighted by atomic mass is 16.1. The Morgan fingerprint density at radius 1 is 1.16 bits per heavy atom. The molecular weight excluding hydrogens is 310 g/mol. The summed E-state index contributed by atoms with van der Waals surface area (Å²) in [4.78, 5) is 20.6. The molecule has 4 nitrogen and oxygen atoms in total. The van der Waals surface area contributed by atoms with Gasteiger partial charge in [-0.1, -0.05) is 18.6 Å². The quantitative estimate of drug-likeness (QED) is 0.625. The van der Waals surface area contributed by atoms with Gasteiger partial charge in [0.2, 0.25) is 0 Å². The van der Waals surface area contributed by atoms with E-state index in [9.17, 15) is 4.79 Å². The zero-order valence-corrected chi connectivity index (χ0v) is 15.6. The smallest absolute Gasteiger partial charge is 0.159 e. The summed E-state index contributed by atoms with van der Waals surface area (Å²) in [5, 5.41) is 0.936. The SMILES string of the molecule is C\C=C(/C(C)=C\C(C(C)=O)=C(/C)CC)c1cnc2cc(N)ncc2c1. The van der Waals surface area contributed by atoms with E-state index >= 15 is 0 Å². The normalized spacial score (nSPS) is 13.8. The van der Waals surface area contributed by atoms with Crippen molar-refractivity contribution in [3.8, 4) is 0 Å². The molecule has 0 aliphatic heterocycles. The van der Waals surface area contributed by atoms with Gasteiger partial charge in [-0.25, -0.2) is 4.98 Å². The Morgan fingerprint density at radius 2 is 1.88 bits per heavy atom. The lowest BCUT2D eigenvalue weighted by Crippen LogP contribution is -1.99. The van der Waals surface area contributed by atoms with Crippen molar-refractivity contribution in [2.45, 2.75) is 41.0 Å². The van der Waals surface area contributed by atoms with E-state index < -0.39 is 0 Å². The number of carbonyl (C=O) groups excluding carboxylic acids is 1. The van der Waals surface area contributed by atoms with Gasteiger partial charge in [-0.15, -0.1) is 0 Å². The summed E-state index contributed by atoms with van der Waals surface area (Å²) in [7, 11) is 0. The van der Waals surface area contributed by atoms with Gasteiger partial charge in [0.1, 0.15) is 5.82 Å². The second kappa shape index (κ2) is 7.88. The van der Waals surface area contributed by atoms with Crippen LogP contribution in [0.5, 0.6) is 0 Å². The number of nitrogens with zero attached hydrogens (tertiary/aromatic N) is 2. The van der Waals surface area contributed by atoms with Crippen LogP contribution in [0.4, 0.5) is 5.82 Å². The van der Waals surface area contributed by atoms with Crippen LogP contribution < -0.4 is 5.73 Å². The Bertz CT molecular complexity index is 904. The molecule has 2 heterocycles. The van der Waals surface area contributed by atoms with Gasteiger partial charge in [0.25, 0.3) is 0 Å². The molecule has 0 amide bonds. The van der Waals surface area contributed by atoms with Gasteiger partial charge in [-0.05, 0) is 57.4 Å². The molecule has 0 atom stereocenters. The number of hydrogen-bond acceptors (Lipinski definition) is 4. The largest absolute Gasteiger partial charge is 0.384 e. The maximum Gasteiger partial charge on any atom is 0.159 e. The van der Waals surface area contributed by atoms with Crippen LogP contribution in [0.15, 0.2) is 53.4 Å². The average molecular weight is 335 g/mol. The van der Waals surface area contributed by atoms with E-state index in [4.69, 9.17) is 5.73 Å². The number of nitrogen functional groups attached to an aromatic ring is 1. The molecule has 0 radical (unpaired) electrons. The summed E-state index contributed by atoms with van der Waals surface area (Å²) >= 11 is 0.